The molecule has 43 heavy (non-hydrogen) atoms. The molecule has 0 N–H and O–H groups in total. The van der Waals surface area contributed by atoms with Crippen molar-refractivity contribution in [2.24, 2.45) is 0 Å². The highest BCUT2D eigenvalue weighted by molar-refractivity contribution is 5.82. The summed E-state index contributed by atoms with van der Waals surface area (Å²) in [6, 6.07) is 56.6. The summed E-state index contributed by atoms with van der Waals surface area (Å²) in [6.07, 6.45) is 9.07. The molecule has 0 saturated carbocycles. The van der Waals surface area contributed by atoms with Gasteiger partial charge < -0.3 is 4.90 Å². The van der Waals surface area contributed by atoms with Crippen LogP contribution in [0.25, 0.3) is 39.0 Å². The molecule has 6 aromatic carbocycles. The number of nitrogens with zero attached hydrogens (tertiary/aromatic N) is 1. The molecule has 7 rings (SSSR count). The Morgan fingerprint density at radius 2 is 0.791 bits per heavy atom. The molecule has 0 radical (unpaired) electrons. The van der Waals surface area contributed by atoms with Crippen molar-refractivity contribution in [3.8, 4) is 33.4 Å². The Balaban J connectivity index is 1.16. The predicted octanol–water partition coefficient (Wildman–Crippen LogP) is 11.9. The molecule has 0 amide bonds. The number of allylic oxidation sites excluding steroid dienone is 4. The van der Waals surface area contributed by atoms with E-state index in [1.165, 1.54) is 44.5 Å². The minimum atomic E-state index is 1.11. The number of hydrogen-bond acceptors (Lipinski definition) is 1. The van der Waals surface area contributed by atoms with Gasteiger partial charge in [-0.25, -0.2) is 0 Å². The largest absolute Gasteiger partial charge is 0.311 e. The van der Waals surface area contributed by atoms with Crippen molar-refractivity contribution in [1.82, 2.24) is 0 Å². The summed E-state index contributed by atoms with van der Waals surface area (Å²) >= 11 is 0. The molecule has 1 nitrogen and oxygen atoms in total. The van der Waals surface area contributed by atoms with Crippen LogP contribution in [-0.4, -0.2) is 0 Å². The molecular weight excluding hydrogens is 518 g/mol. The van der Waals surface area contributed by atoms with Crippen LogP contribution in [0.3, 0.4) is 0 Å². The third-order valence-corrected chi connectivity index (χ3v) is 8.11. The van der Waals surface area contributed by atoms with E-state index >= 15 is 0 Å². The Labute approximate surface area is 254 Å². The molecule has 0 aliphatic heterocycles. The van der Waals surface area contributed by atoms with Gasteiger partial charge in [0.1, 0.15) is 0 Å². The maximum absolute atomic E-state index is 2.33. The summed E-state index contributed by atoms with van der Waals surface area (Å²) in [5, 5.41) is 0. The van der Waals surface area contributed by atoms with E-state index < -0.39 is 0 Å². The van der Waals surface area contributed by atoms with Crippen molar-refractivity contribution in [3.05, 3.63) is 182 Å². The lowest BCUT2D eigenvalue weighted by atomic mass is 9.97. The topological polar surface area (TPSA) is 3.24 Å². The lowest BCUT2D eigenvalue weighted by Crippen LogP contribution is -2.09. The van der Waals surface area contributed by atoms with E-state index in [4.69, 9.17) is 0 Å². The second kappa shape index (κ2) is 12.2. The summed E-state index contributed by atoms with van der Waals surface area (Å²) in [4.78, 5) is 2.32. The van der Waals surface area contributed by atoms with Crippen molar-refractivity contribution >= 4 is 22.6 Å². The Kier molecular flexibility index (Phi) is 7.53. The van der Waals surface area contributed by atoms with E-state index in [1.807, 2.05) is 0 Å². The highest BCUT2D eigenvalue weighted by Gasteiger charge is 2.13. The molecule has 0 bridgehead atoms. The second-order valence-electron chi connectivity index (χ2n) is 10.9. The van der Waals surface area contributed by atoms with Gasteiger partial charge >= 0.3 is 0 Å². The fourth-order valence-electron chi connectivity index (χ4n) is 5.82. The Morgan fingerprint density at radius 1 is 0.349 bits per heavy atom. The van der Waals surface area contributed by atoms with Crippen LogP contribution >= 0.6 is 0 Å². The molecule has 0 aromatic heterocycles. The van der Waals surface area contributed by atoms with Gasteiger partial charge in [0, 0.05) is 17.1 Å². The van der Waals surface area contributed by atoms with Crippen LogP contribution < -0.4 is 4.90 Å². The monoisotopic (exact) mass is 551 g/mol. The van der Waals surface area contributed by atoms with E-state index in [0.717, 1.165) is 29.9 Å². The van der Waals surface area contributed by atoms with Gasteiger partial charge in [0.2, 0.25) is 0 Å². The maximum Gasteiger partial charge on any atom is 0.0462 e. The normalized spacial score (nSPS) is 12.5. The van der Waals surface area contributed by atoms with E-state index in [9.17, 15) is 0 Å². The van der Waals surface area contributed by atoms with Crippen LogP contribution in [-0.2, 0) is 0 Å². The van der Waals surface area contributed by atoms with Crippen LogP contribution in [0.15, 0.2) is 176 Å². The molecule has 1 aliphatic carbocycles. The van der Waals surface area contributed by atoms with E-state index in [-0.39, 0.29) is 0 Å². The van der Waals surface area contributed by atoms with Gasteiger partial charge in [-0.1, -0.05) is 133 Å². The van der Waals surface area contributed by atoms with E-state index in [2.05, 4.69) is 181 Å². The first-order chi connectivity index (χ1) is 21.3. The summed E-state index contributed by atoms with van der Waals surface area (Å²) in [5.74, 6) is 0. The van der Waals surface area contributed by atoms with Crippen molar-refractivity contribution in [1.29, 1.82) is 0 Å². The summed E-state index contributed by atoms with van der Waals surface area (Å²) in [6.45, 7) is 0. The van der Waals surface area contributed by atoms with Crippen LogP contribution in [0.2, 0.25) is 0 Å². The summed E-state index contributed by atoms with van der Waals surface area (Å²) in [5.41, 5.74) is 13.3. The van der Waals surface area contributed by atoms with Gasteiger partial charge in [0.25, 0.3) is 0 Å². The second-order valence-corrected chi connectivity index (χ2v) is 10.9. The van der Waals surface area contributed by atoms with Gasteiger partial charge in [0.15, 0.2) is 0 Å². The highest BCUT2D eigenvalue weighted by atomic mass is 15.1. The quantitative estimate of drug-likeness (QED) is 0.191. The molecule has 0 fully saturated rings. The number of anilines is 3. The van der Waals surface area contributed by atoms with E-state index in [1.54, 1.807) is 0 Å². The van der Waals surface area contributed by atoms with Crippen LogP contribution in [0.1, 0.15) is 18.4 Å². The fourth-order valence-corrected chi connectivity index (χ4v) is 5.82. The zero-order valence-corrected chi connectivity index (χ0v) is 24.1. The number of benzene rings is 6. The Bertz CT molecular complexity index is 1860. The molecular formula is C42H33N. The molecule has 1 heteroatoms. The third kappa shape index (κ3) is 5.84. The molecule has 0 heterocycles. The van der Waals surface area contributed by atoms with Crippen molar-refractivity contribution in [2.75, 3.05) is 4.90 Å². The number of para-hydroxylation sites is 1. The lowest BCUT2D eigenvalue weighted by Gasteiger charge is -2.26. The molecule has 206 valence electrons. The third-order valence-electron chi connectivity index (χ3n) is 8.11. The van der Waals surface area contributed by atoms with E-state index in [0.29, 0.717) is 0 Å². The molecule has 6 aromatic rings. The summed E-state index contributed by atoms with van der Waals surface area (Å²) < 4.78 is 0. The predicted molar refractivity (Wildman–Crippen MR) is 184 cm³/mol. The first-order valence-corrected chi connectivity index (χ1v) is 15.0. The molecule has 0 unspecified atom stereocenters. The van der Waals surface area contributed by atoms with Crippen molar-refractivity contribution < 1.29 is 0 Å². The smallest absolute Gasteiger partial charge is 0.0462 e. The maximum atomic E-state index is 2.33. The van der Waals surface area contributed by atoms with Crippen LogP contribution in [0.4, 0.5) is 17.1 Å². The fraction of sp³-hybridized carbons (Fsp3) is 0.0476. The van der Waals surface area contributed by atoms with Crippen molar-refractivity contribution in [2.45, 2.75) is 12.8 Å². The number of rotatable bonds is 7. The minimum Gasteiger partial charge on any atom is -0.311 e. The Morgan fingerprint density at radius 3 is 1.35 bits per heavy atom. The molecule has 0 atom stereocenters. The molecule has 1 aliphatic rings. The van der Waals surface area contributed by atoms with Gasteiger partial charge in [-0.05, 0) is 99.8 Å². The zero-order chi connectivity index (χ0) is 28.8. The SMILES string of the molecule is C1=CC(c2ccc(N(c3ccccc3)c3ccc(-c4cccc(-c5ccc(-c6ccccc6)cc5)c4)cc3)cc2)=CCC1. The average molecular weight is 552 g/mol. The minimum absolute atomic E-state index is 1.11. The van der Waals surface area contributed by atoms with Gasteiger partial charge in [-0.15, -0.1) is 0 Å². The average Bonchev–Trinajstić information content (AvgIpc) is 3.10. The molecule has 0 saturated heterocycles. The lowest BCUT2D eigenvalue weighted by molar-refractivity contribution is 1.04. The number of hydrogen-bond donors (Lipinski definition) is 0. The van der Waals surface area contributed by atoms with Crippen molar-refractivity contribution in [3.63, 3.8) is 0 Å². The first-order valence-electron chi connectivity index (χ1n) is 15.0. The van der Waals surface area contributed by atoms with Gasteiger partial charge in [-0.2, -0.15) is 0 Å². The highest BCUT2D eigenvalue weighted by Crippen LogP contribution is 2.37. The van der Waals surface area contributed by atoms with Crippen LogP contribution in [0.5, 0.6) is 0 Å². The Hall–Kier alpha value is -5.40. The summed E-state index contributed by atoms with van der Waals surface area (Å²) in [7, 11) is 0. The van der Waals surface area contributed by atoms with Crippen LogP contribution in [0, 0.1) is 0 Å². The molecule has 0 spiro atoms. The van der Waals surface area contributed by atoms with Gasteiger partial charge in [-0.3, -0.25) is 0 Å². The standard InChI is InChI=1S/C42H33N/c1-4-11-32(12-5-1)34-19-21-36(22-20-34)38-15-10-16-39(31-38)37-25-29-42(30-26-37)43(40-17-8-3-9-18-40)41-27-23-35(24-28-41)33-13-6-2-7-14-33/h1,3-6,8-31H,2,7H2. The zero-order valence-electron chi connectivity index (χ0n) is 24.1. The first kappa shape index (κ1) is 26.5. The van der Waals surface area contributed by atoms with Gasteiger partial charge in [0.05, 0.1) is 0 Å².